The normalized spacial score (nSPS) is 16.4. The van der Waals surface area contributed by atoms with E-state index in [1.807, 2.05) is 54.6 Å². The Kier molecular flexibility index (Phi) is 6.40. The lowest BCUT2D eigenvalue weighted by molar-refractivity contribution is -0.124. The fourth-order valence-electron chi connectivity index (χ4n) is 3.76. The molecule has 5 heteroatoms. The zero-order valence-corrected chi connectivity index (χ0v) is 16.8. The molecule has 0 bridgehead atoms. The van der Waals surface area contributed by atoms with Gasteiger partial charge in [-0.2, -0.15) is 0 Å². The van der Waals surface area contributed by atoms with E-state index in [9.17, 15) is 9.18 Å². The number of ether oxygens (including phenoxy) is 1. The van der Waals surface area contributed by atoms with Gasteiger partial charge in [-0.15, -0.1) is 0 Å². The zero-order valence-electron chi connectivity index (χ0n) is 16.8. The summed E-state index contributed by atoms with van der Waals surface area (Å²) in [6, 6.07) is 24.1. The number of halogens is 1. The SMILES string of the molecule is O=C(NCc1cccc(F)c1)C1CCN(Cc2cccc(Oc3ccccc3)c2)C1. The number of carbonyl (C=O) groups excluding carboxylic acids is 1. The second-order valence-corrected chi connectivity index (χ2v) is 7.63. The highest BCUT2D eigenvalue weighted by molar-refractivity contribution is 5.79. The maximum atomic E-state index is 13.3. The van der Waals surface area contributed by atoms with Gasteiger partial charge in [-0.25, -0.2) is 4.39 Å². The van der Waals surface area contributed by atoms with E-state index in [1.165, 1.54) is 12.1 Å². The van der Waals surface area contributed by atoms with E-state index in [2.05, 4.69) is 16.3 Å². The molecule has 1 unspecified atom stereocenters. The Hall–Kier alpha value is -3.18. The summed E-state index contributed by atoms with van der Waals surface area (Å²) < 4.78 is 19.2. The van der Waals surface area contributed by atoms with Gasteiger partial charge in [-0.05, 0) is 60.5 Å². The van der Waals surface area contributed by atoms with E-state index in [0.29, 0.717) is 6.54 Å². The molecule has 1 atom stereocenters. The van der Waals surface area contributed by atoms with Gasteiger partial charge >= 0.3 is 0 Å². The zero-order chi connectivity index (χ0) is 20.8. The second-order valence-electron chi connectivity index (χ2n) is 7.63. The molecule has 4 rings (SSSR count). The number of likely N-dealkylation sites (tertiary alicyclic amines) is 1. The summed E-state index contributed by atoms with van der Waals surface area (Å²) in [7, 11) is 0. The maximum Gasteiger partial charge on any atom is 0.224 e. The maximum absolute atomic E-state index is 13.3. The molecule has 0 radical (unpaired) electrons. The molecule has 30 heavy (non-hydrogen) atoms. The average Bonchev–Trinajstić information content (AvgIpc) is 3.22. The van der Waals surface area contributed by atoms with Crippen LogP contribution < -0.4 is 10.1 Å². The van der Waals surface area contributed by atoms with Gasteiger partial charge in [-0.3, -0.25) is 9.69 Å². The number of amides is 1. The van der Waals surface area contributed by atoms with Gasteiger partial charge in [0.1, 0.15) is 17.3 Å². The van der Waals surface area contributed by atoms with Gasteiger partial charge in [0.25, 0.3) is 0 Å². The minimum Gasteiger partial charge on any atom is -0.457 e. The largest absolute Gasteiger partial charge is 0.457 e. The van der Waals surface area contributed by atoms with E-state index in [1.54, 1.807) is 6.07 Å². The van der Waals surface area contributed by atoms with Crippen molar-refractivity contribution in [2.45, 2.75) is 19.5 Å². The van der Waals surface area contributed by atoms with Gasteiger partial charge in [0.15, 0.2) is 0 Å². The number of nitrogens with one attached hydrogen (secondary N) is 1. The minimum atomic E-state index is -0.285. The van der Waals surface area contributed by atoms with E-state index in [0.717, 1.165) is 48.7 Å². The lowest BCUT2D eigenvalue weighted by atomic mass is 10.1. The first-order chi connectivity index (χ1) is 14.7. The Bertz CT molecular complexity index is 993. The predicted octanol–water partition coefficient (Wildman–Crippen LogP) is 4.76. The van der Waals surface area contributed by atoms with Gasteiger partial charge in [0.2, 0.25) is 5.91 Å². The van der Waals surface area contributed by atoms with Crippen LogP contribution in [-0.2, 0) is 17.9 Å². The quantitative estimate of drug-likeness (QED) is 0.618. The fraction of sp³-hybridized carbons (Fsp3) is 0.240. The first-order valence-electron chi connectivity index (χ1n) is 10.2. The lowest BCUT2D eigenvalue weighted by Crippen LogP contribution is -2.32. The molecule has 1 amide bonds. The Morgan fingerprint density at radius 1 is 0.967 bits per heavy atom. The first kappa shape index (κ1) is 20.1. The van der Waals surface area contributed by atoms with Gasteiger partial charge in [0, 0.05) is 19.6 Å². The molecule has 1 fully saturated rings. The number of benzene rings is 3. The van der Waals surface area contributed by atoms with Crippen LogP contribution in [0.2, 0.25) is 0 Å². The number of hydrogen-bond acceptors (Lipinski definition) is 3. The van der Waals surface area contributed by atoms with Crippen LogP contribution in [0.4, 0.5) is 4.39 Å². The number of hydrogen-bond donors (Lipinski definition) is 1. The molecular formula is C25H25FN2O2. The summed E-state index contributed by atoms with van der Waals surface area (Å²) in [5.41, 5.74) is 1.93. The highest BCUT2D eigenvalue weighted by Gasteiger charge is 2.28. The van der Waals surface area contributed by atoms with Crippen LogP contribution in [0, 0.1) is 11.7 Å². The summed E-state index contributed by atoms with van der Waals surface area (Å²) in [4.78, 5) is 14.8. The molecule has 0 aromatic heterocycles. The molecule has 1 aliphatic heterocycles. The summed E-state index contributed by atoms with van der Waals surface area (Å²) >= 11 is 0. The van der Waals surface area contributed by atoms with Gasteiger partial charge in [0.05, 0.1) is 5.92 Å². The fourth-order valence-corrected chi connectivity index (χ4v) is 3.76. The Labute approximate surface area is 176 Å². The number of rotatable bonds is 7. The van der Waals surface area contributed by atoms with E-state index < -0.39 is 0 Å². The van der Waals surface area contributed by atoms with Crippen LogP contribution >= 0.6 is 0 Å². The molecule has 1 N–H and O–H groups in total. The predicted molar refractivity (Wildman–Crippen MR) is 115 cm³/mol. The number of carbonyl (C=O) groups is 1. The van der Waals surface area contributed by atoms with Crippen molar-refractivity contribution >= 4 is 5.91 Å². The Balaban J connectivity index is 1.28. The van der Waals surface area contributed by atoms with E-state index in [4.69, 9.17) is 4.74 Å². The average molecular weight is 404 g/mol. The highest BCUT2D eigenvalue weighted by Crippen LogP contribution is 2.24. The van der Waals surface area contributed by atoms with Crippen molar-refractivity contribution in [3.63, 3.8) is 0 Å². The molecule has 0 saturated carbocycles. The molecule has 1 saturated heterocycles. The van der Waals surface area contributed by atoms with Gasteiger partial charge < -0.3 is 10.1 Å². The van der Waals surface area contributed by atoms with Crippen molar-refractivity contribution in [3.05, 3.63) is 95.8 Å². The molecule has 4 nitrogen and oxygen atoms in total. The van der Waals surface area contributed by atoms with Crippen LogP contribution in [0.3, 0.4) is 0 Å². The smallest absolute Gasteiger partial charge is 0.224 e. The van der Waals surface area contributed by atoms with Crippen molar-refractivity contribution in [1.29, 1.82) is 0 Å². The van der Waals surface area contributed by atoms with Crippen molar-refractivity contribution in [2.75, 3.05) is 13.1 Å². The summed E-state index contributed by atoms with van der Waals surface area (Å²) in [5, 5.41) is 2.94. The Morgan fingerprint density at radius 2 is 1.73 bits per heavy atom. The van der Waals surface area contributed by atoms with Crippen LogP contribution in [0.1, 0.15) is 17.5 Å². The summed E-state index contributed by atoms with van der Waals surface area (Å²) in [6.07, 6.45) is 0.829. The molecule has 0 aliphatic carbocycles. The first-order valence-corrected chi connectivity index (χ1v) is 10.2. The summed E-state index contributed by atoms with van der Waals surface area (Å²) in [6.45, 7) is 2.73. The molecule has 1 aliphatic rings. The van der Waals surface area contributed by atoms with Crippen LogP contribution in [0.25, 0.3) is 0 Å². The van der Waals surface area contributed by atoms with Crippen LogP contribution in [-0.4, -0.2) is 23.9 Å². The molecule has 0 spiro atoms. The highest BCUT2D eigenvalue weighted by atomic mass is 19.1. The molecule has 1 heterocycles. The molecule has 154 valence electrons. The monoisotopic (exact) mass is 404 g/mol. The van der Waals surface area contributed by atoms with Gasteiger partial charge in [-0.1, -0.05) is 42.5 Å². The van der Waals surface area contributed by atoms with Crippen molar-refractivity contribution < 1.29 is 13.9 Å². The number of nitrogens with zero attached hydrogens (tertiary/aromatic N) is 1. The Morgan fingerprint density at radius 3 is 2.57 bits per heavy atom. The molecule has 3 aromatic rings. The van der Waals surface area contributed by atoms with Crippen LogP contribution in [0.15, 0.2) is 78.9 Å². The topological polar surface area (TPSA) is 41.6 Å². The third-order valence-corrected chi connectivity index (χ3v) is 5.28. The third-order valence-electron chi connectivity index (χ3n) is 5.28. The standard InChI is InChI=1S/C25H25FN2O2/c26-22-8-4-6-19(14-22)16-27-25(29)21-12-13-28(18-21)17-20-7-5-11-24(15-20)30-23-9-2-1-3-10-23/h1-11,14-15,21H,12-13,16-18H2,(H,27,29). The minimum absolute atomic E-state index is 0.0305. The molecular weight excluding hydrogens is 379 g/mol. The third kappa shape index (κ3) is 5.45. The van der Waals surface area contributed by atoms with Crippen LogP contribution in [0.5, 0.6) is 11.5 Å². The number of para-hydroxylation sites is 1. The van der Waals surface area contributed by atoms with Crippen molar-refractivity contribution in [3.8, 4) is 11.5 Å². The summed E-state index contributed by atoms with van der Waals surface area (Å²) in [5.74, 6) is 1.32. The van der Waals surface area contributed by atoms with Crippen molar-refractivity contribution in [2.24, 2.45) is 5.92 Å². The lowest BCUT2D eigenvalue weighted by Gasteiger charge is -2.17. The van der Waals surface area contributed by atoms with E-state index >= 15 is 0 Å². The second kappa shape index (κ2) is 9.55. The molecule has 3 aromatic carbocycles. The van der Waals surface area contributed by atoms with E-state index in [-0.39, 0.29) is 17.6 Å². The van der Waals surface area contributed by atoms with Crippen molar-refractivity contribution in [1.82, 2.24) is 10.2 Å².